The number of hydrogen-bond donors (Lipinski definition) is 1. The first-order valence-electron chi connectivity index (χ1n) is 6.08. The zero-order chi connectivity index (χ0) is 14.3. The summed E-state index contributed by atoms with van der Waals surface area (Å²) in [6, 6.07) is 2.38. The summed E-state index contributed by atoms with van der Waals surface area (Å²) in [5.41, 5.74) is -1.93. The van der Waals surface area contributed by atoms with E-state index in [1.54, 1.807) is 0 Å². The number of esters is 1. The highest BCUT2D eigenvalue weighted by molar-refractivity contribution is 5.91. The average molecular weight is 271 g/mol. The molecule has 1 heterocycles. The maximum Gasteiger partial charge on any atom is 0.339 e. The first-order valence-corrected chi connectivity index (χ1v) is 6.08. The van der Waals surface area contributed by atoms with Crippen LogP contribution in [0, 0.1) is 0 Å². The molecule has 0 amide bonds. The molecule has 0 spiro atoms. The number of pyridine rings is 1. The Labute approximate surface area is 108 Å². The minimum Gasteiger partial charge on any atom is -0.465 e. The molecule has 0 saturated heterocycles. The summed E-state index contributed by atoms with van der Waals surface area (Å²) in [5, 5.41) is 0. The molecule has 0 aromatic carbocycles. The lowest BCUT2D eigenvalue weighted by Gasteiger charge is -2.26. The van der Waals surface area contributed by atoms with Crippen LogP contribution in [0.25, 0.3) is 0 Å². The van der Waals surface area contributed by atoms with E-state index >= 15 is 0 Å². The maximum atomic E-state index is 14.1. The van der Waals surface area contributed by atoms with Gasteiger partial charge >= 0.3 is 5.97 Å². The minimum absolute atomic E-state index is 0.00120. The number of ether oxygens (including phenoxy) is 1. The molecule has 1 N–H and O–H groups in total. The Kier molecular flexibility index (Phi) is 3.20. The summed E-state index contributed by atoms with van der Waals surface area (Å²) in [6.07, 6.45) is 0.153. The molecule has 0 bridgehead atoms. The second-order valence-electron chi connectivity index (χ2n) is 4.74. The number of aromatic nitrogens is 1. The van der Waals surface area contributed by atoms with Crippen molar-refractivity contribution in [3.05, 3.63) is 33.7 Å². The summed E-state index contributed by atoms with van der Waals surface area (Å²) in [7, 11) is 1.18. The van der Waals surface area contributed by atoms with E-state index in [4.69, 9.17) is 0 Å². The van der Waals surface area contributed by atoms with Crippen molar-refractivity contribution in [1.82, 2.24) is 4.98 Å². The Bertz CT molecular complexity index is 561. The van der Waals surface area contributed by atoms with Crippen molar-refractivity contribution in [2.75, 3.05) is 7.11 Å². The SMILES string of the molecule is CCC(F)(F)C1(c2[nH]c(=O)ccc2C(=O)OC)CC1. The van der Waals surface area contributed by atoms with Crippen LogP contribution in [0.4, 0.5) is 8.78 Å². The molecule has 1 aromatic rings. The van der Waals surface area contributed by atoms with Gasteiger partial charge in [-0.3, -0.25) is 4.79 Å². The zero-order valence-electron chi connectivity index (χ0n) is 10.8. The summed E-state index contributed by atoms with van der Waals surface area (Å²) >= 11 is 0. The van der Waals surface area contributed by atoms with Crippen molar-refractivity contribution in [2.24, 2.45) is 0 Å². The fourth-order valence-corrected chi connectivity index (χ4v) is 2.39. The molecule has 0 unspecified atom stereocenters. The molecular weight excluding hydrogens is 256 g/mol. The Hall–Kier alpha value is -1.72. The van der Waals surface area contributed by atoms with Crippen molar-refractivity contribution in [1.29, 1.82) is 0 Å². The Morgan fingerprint density at radius 1 is 1.47 bits per heavy atom. The van der Waals surface area contributed by atoms with Crippen LogP contribution in [-0.4, -0.2) is 24.0 Å². The van der Waals surface area contributed by atoms with E-state index < -0.39 is 22.9 Å². The van der Waals surface area contributed by atoms with E-state index in [9.17, 15) is 18.4 Å². The zero-order valence-corrected chi connectivity index (χ0v) is 10.8. The van der Waals surface area contributed by atoms with Gasteiger partial charge in [0.25, 0.3) is 5.92 Å². The number of alkyl halides is 2. The van der Waals surface area contributed by atoms with Crippen molar-refractivity contribution < 1.29 is 18.3 Å². The standard InChI is InChI=1S/C13H15F2NO3/c1-3-13(14,15)12(6-7-12)10-8(11(18)19-2)4-5-9(17)16-10/h4-5H,3,6-7H2,1-2H3,(H,16,17). The second kappa shape index (κ2) is 4.43. The molecule has 0 aliphatic heterocycles. The number of carbonyl (C=O) groups is 1. The third-order valence-electron chi connectivity index (χ3n) is 3.70. The van der Waals surface area contributed by atoms with Gasteiger partial charge in [0.15, 0.2) is 0 Å². The van der Waals surface area contributed by atoms with Gasteiger partial charge in [-0.05, 0) is 18.9 Å². The van der Waals surface area contributed by atoms with E-state index in [0.717, 1.165) is 6.07 Å². The minimum atomic E-state index is -2.96. The summed E-state index contributed by atoms with van der Waals surface area (Å²) < 4.78 is 32.7. The van der Waals surface area contributed by atoms with E-state index in [0.29, 0.717) is 0 Å². The predicted molar refractivity (Wildman–Crippen MR) is 64.6 cm³/mol. The third-order valence-corrected chi connectivity index (χ3v) is 3.70. The van der Waals surface area contributed by atoms with Crippen molar-refractivity contribution >= 4 is 5.97 Å². The number of carbonyl (C=O) groups excluding carboxylic acids is 1. The van der Waals surface area contributed by atoms with E-state index in [1.165, 1.54) is 20.1 Å². The lowest BCUT2D eigenvalue weighted by molar-refractivity contribution is -0.0445. The normalized spacial score (nSPS) is 17.1. The lowest BCUT2D eigenvalue weighted by atomic mass is 9.88. The van der Waals surface area contributed by atoms with Gasteiger partial charge in [-0.1, -0.05) is 6.92 Å². The van der Waals surface area contributed by atoms with Gasteiger partial charge in [-0.15, -0.1) is 0 Å². The Morgan fingerprint density at radius 2 is 2.11 bits per heavy atom. The quantitative estimate of drug-likeness (QED) is 0.854. The molecule has 6 heteroatoms. The van der Waals surface area contributed by atoms with Gasteiger partial charge in [0.05, 0.1) is 18.1 Å². The highest BCUT2D eigenvalue weighted by Crippen LogP contribution is 2.59. The van der Waals surface area contributed by atoms with Gasteiger partial charge in [0.2, 0.25) is 5.56 Å². The van der Waals surface area contributed by atoms with Crippen molar-refractivity contribution in [3.8, 4) is 0 Å². The number of H-pyrrole nitrogens is 1. The predicted octanol–water partition coefficient (Wildman–Crippen LogP) is 2.24. The molecule has 1 fully saturated rings. The fraction of sp³-hybridized carbons (Fsp3) is 0.538. The van der Waals surface area contributed by atoms with Crippen LogP contribution in [0.5, 0.6) is 0 Å². The summed E-state index contributed by atoms with van der Waals surface area (Å²) in [4.78, 5) is 25.4. The van der Waals surface area contributed by atoms with Gasteiger partial charge in [-0.2, -0.15) is 0 Å². The molecule has 4 nitrogen and oxygen atoms in total. The first-order chi connectivity index (χ1) is 8.88. The van der Waals surface area contributed by atoms with Crippen LogP contribution in [0.1, 0.15) is 42.2 Å². The molecule has 2 rings (SSSR count). The lowest BCUT2D eigenvalue weighted by Crippen LogP contribution is -2.36. The van der Waals surface area contributed by atoms with Crippen LogP contribution >= 0.6 is 0 Å². The number of methoxy groups -OCH3 is 1. The van der Waals surface area contributed by atoms with E-state index in [2.05, 4.69) is 9.72 Å². The molecule has 1 aliphatic rings. The van der Waals surface area contributed by atoms with Crippen LogP contribution in [0.15, 0.2) is 16.9 Å². The topological polar surface area (TPSA) is 59.2 Å². The molecule has 0 radical (unpaired) electrons. The smallest absolute Gasteiger partial charge is 0.339 e. The molecular formula is C13H15F2NO3. The van der Waals surface area contributed by atoms with Gasteiger partial charge in [-0.25, -0.2) is 13.6 Å². The van der Waals surface area contributed by atoms with E-state index in [1.807, 2.05) is 0 Å². The molecule has 1 aliphatic carbocycles. The summed E-state index contributed by atoms with van der Waals surface area (Å²) in [6.45, 7) is 1.39. The van der Waals surface area contributed by atoms with Crippen LogP contribution in [0.2, 0.25) is 0 Å². The molecule has 19 heavy (non-hydrogen) atoms. The monoisotopic (exact) mass is 271 g/mol. The van der Waals surface area contributed by atoms with Crippen LogP contribution < -0.4 is 5.56 Å². The molecule has 1 saturated carbocycles. The largest absolute Gasteiger partial charge is 0.465 e. The number of nitrogens with one attached hydrogen (secondary N) is 1. The van der Waals surface area contributed by atoms with Crippen LogP contribution in [-0.2, 0) is 10.2 Å². The number of rotatable bonds is 4. The van der Waals surface area contributed by atoms with Gasteiger partial charge in [0, 0.05) is 18.2 Å². The number of hydrogen-bond acceptors (Lipinski definition) is 3. The highest BCUT2D eigenvalue weighted by Gasteiger charge is 2.63. The van der Waals surface area contributed by atoms with Crippen LogP contribution in [0.3, 0.4) is 0 Å². The van der Waals surface area contributed by atoms with Crippen molar-refractivity contribution in [2.45, 2.75) is 37.5 Å². The Morgan fingerprint density at radius 3 is 2.58 bits per heavy atom. The molecule has 1 aromatic heterocycles. The number of aromatic amines is 1. The highest BCUT2D eigenvalue weighted by atomic mass is 19.3. The fourth-order valence-electron chi connectivity index (χ4n) is 2.39. The second-order valence-corrected chi connectivity index (χ2v) is 4.74. The molecule has 104 valence electrons. The molecule has 0 atom stereocenters. The Balaban J connectivity index is 2.59. The first kappa shape index (κ1) is 13.7. The summed E-state index contributed by atoms with van der Waals surface area (Å²) in [5.74, 6) is -3.68. The van der Waals surface area contributed by atoms with E-state index in [-0.39, 0.29) is 30.5 Å². The number of halogens is 2. The van der Waals surface area contributed by atoms with Gasteiger partial charge in [0.1, 0.15) is 0 Å². The average Bonchev–Trinajstić information content (AvgIpc) is 3.19. The van der Waals surface area contributed by atoms with Gasteiger partial charge < -0.3 is 9.72 Å². The third kappa shape index (κ3) is 2.05. The van der Waals surface area contributed by atoms with Crippen molar-refractivity contribution in [3.63, 3.8) is 0 Å². The maximum absolute atomic E-state index is 14.1.